The third-order valence-electron chi connectivity index (χ3n) is 3.04. The third-order valence-corrected chi connectivity index (χ3v) is 3.04. The Morgan fingerprint density at radius 2 is 2.05 bits per heavy atom. The molecule has 6 nitrogen and oxygen atoms in total. The molecule has 2 heterocycles. The highest BCUT2D eigenvalue weighted by molar-refractivity contribution is 5.87. The highest BCUT2D eigenvalue weighted by Crippen LogP contribution is 2.29. The van der Waals surface area contributed by atoms with E-state index in [9.17, 15) is 9.90 Å². The van der Waals surface area contributed by atoms with Crippen molar-refractivity contribution in [3.05, 3.63) is 42.1 Å². The van der Waals surface area contributed by atoms with Crippen molar-refractivity contribution < 1.29 is 15.0 Å². The second-order valence-electron chi connectivity index (χ2n) is 4.39. The lowest BCUT2D eigenvalue weighted by atomic mass is 10.1. The SMILES string of the molecule is O=C(O)Cc1c[nH]c2nnc(-c3ccccc3O)cc12. The molecule has 3 rings (SSSR count). The van der Waals surface area contributed by atoms with E-state index >= 15 is 0 Å². The van der Waals surface area contributed by atoms with E-state index in [1.807, 2.05) is 0 Å². The van der Waals surface area contributed by atoms with Gasteiger partial charge in [0.1, 0.15) is 5.75 Å². The number of carboxylic acid groups (broad SMARTS) is 1. The van der Waals surface area contributed by atoms with Crippen molar-refractivity contribution in [3.8, 4) is 17.0 Å². The van der Waals surface area contributed by atoms with E-state index in [1.54, 1.807) is 36.5 Å². The maximum Gasteiger partial charge on any atom is 0.307 e. The number of nitrogens with zero attached hydrogens (tertiary/aromatic N) is 2. The number of para-hydroxylation sites is 1. The van der Waals surface area contributed by atoms with Crippen LogP contribution in [-0.2, 0) is 11.2 Å². The van der Waals surface area contributed by atoms with Gasteiger partial charge in [-0.2, -0.15) is 0 Å². The Hall–Kier alpha value is -2.89. The number of fused-ring (bicyclic) bond motifs is 1. The number of phenols is 1. The molecule has 3 N–H and O–H groups in total. The Labute approximate surface area is 113 Å². The van der Waals surface area contributed by atoms with Gasteiger partial charge in [0, 0.05) is 17.1 Å². The molecule has 0 aliphatic rings. The molecule has 6 heteroatoms. The zero-order valence-electron chi connectivity index (χ0n) is 10.4. The summed E-state index contributed by atoms with van der Waals surface area (Å²) in [6, 6.07) is 8.53. The Kier molecular flexibility index (Phi) is 2.83. The van der Waals surface area contributed by atoms with Crippen molar-refractivity contribution in [3.63, 3.8) is 0 Å². The number of aromatic hydroxyl groups is 1. The molecule has 0 aliphatic heterocycles. The minimum atomic E-state index is -0.910. The van der Waals surface area contributed by atoms with E-state index in [4.69, 9.17) is 5.11 Å². The standard InChI is InChI=1S/C14H11N3O3/c18-12-4-2-1-3-9(12)11-6-10-8(5-13(19)20)7-15-14(10)17-16-11/h1-4,6-7,18H,5H2,(H,15,17)(H,19,20). The van der Waals surface area contributed by atoms with Crippen molar-refractivity contribution in [2.45, 2.75) is 6.42 Å². The first kappa shape index (κ1) is 12.2. The molecular formula is C14H11N3O3. The Morgan fingerprint density at radius 1 is 1.25 bits per heavy atom. The molecule has 1 aromatic carbocycles. The van der Waals surface area contributed by atoms with E-state index in [2.05, 4.69) is 15.2 Å². The fourth-order valence-corrected chi connectivity index (χ4v) is 2.11. The van der Waals surface area contributed by atoms with Gasteiger partial charge >= 0.3 is 5.97 Å². The van der Waals surface area contributed by atoms with Crippen LogP contribution in [-0.4, -0.2) is 31.4 Å². The quantitative estimate of drug-likeness (QED) is 0.675. The molecule has 2 aromatic heterocycles. The smallest absolute Gasteiger partial charge is 0.307 e. The highest BCUT2D eigenvalue weighted by atomic mass is 16.4. The average Bonchev–Trinajstić information content (AvgIpc) is 2.81. The van der Waals surface area contributed by atoms with Gasteiger partial charge in [-0.25, -0.2) is 0 Å². The van der Waals surface area contributed by atoms with Crippen molar-refractivity contribution in [2.24, 2.45) is 0 Å². The topological polar surface area (TPSA) is 99.1 Å². The van der Waals surface area contributed by atoms with E-state index < -0.39 is 5.97 Å². The Bertz CT molecular complexity index is 795. The minimum Gasteiger partial charge on any atom is -0.507 e. The number of hydrogen-bond donors (Lipinski definition) is 3. The number of H-pyrrole nitrogens is 1. The number of benzene rings is 1. The summed E-state index contributed by atoms with van der Waals surface area (Å²) in [5, 5.41) is 27.5. The molecule has 0 radical (unpaired) electrons. The number of carbonyl (C=O) groups is 1. The third kappa shape index (κ3) is 2.07. The van der Waals surface area contributed by atoms with Crippen molar-refractivity contribution in [1.82, 2.24) is 15.2 Å². The van der Waals surface area contributed by atoms with Crippen molar-refractivity contribution in [2.75, 3.05) is 0 Å². The second-order valence-corrected chi connectivity index (χ2v) is 4.39. The molecule has 0 saturated carbocycles. The number of aromatic nitrogens is 3. The summed E-state index contributed by atoms with van der Waals surface area (Å²) in [7, 11) is 0. The second kappa shape index (κ2) is 4.65. The normalized spacial score (nSPS) is 10.8. The molecule has 0 unspecified atom stereocenters. The fourth-order valence-electron chi connectivity index (χ4n) is 2.11. The van der Waals surface area contributed by atoms with Gasteiger partial charge in [-0.1, -0.05) is 12.1 Å². The minimum absolute atomic E-state index is 0.0914. The summed E-state index contributed by atoms with van der Waals surface area (Å²) in [6.07, 6.45) is 1.52. The van der Waals surface area contributed by atoms with Crippen LogP contribution in [0.25, 0.3) is 22.3 Å². The molecule has 3 aromatic rings. The summed E-state index contributed by atoms with van der Waals surface area (Å²) in [4.78, 5) is 13.7. The molecule has 0 saturated heterocycles. The summed E-state index contributed by atoms with van der Waals surface area (Å²) in [6.45, 7) is 0. The number of aliphatic carboxylic acids is 1. The molecule has 0 fully saturated rings. The molecule has 20 heavy (non-hydrogen) atoms. The lowest BCUT2D eigenvalue weighted by Gasteiger charge is -2.03. The van der Waals surface area contributed by atoms with Crippen LogP contribution in [0.4, 0.5) is 0 Å². The van der Waals surface area contributed by atoms with Crippen LogP contribution < -0.4 is 0 Å². The van der Waals surface area contributed by atoms with Gasteiger partial charge in [0.25, 0.3) is 0 Å². The number of phenolic OH excluding ortho intramolecular Hbond substituents is 1. The van der Waals surface area contributed by atoms with Gasteiger partial charge < -0.3 is 15.2 Å². The number of nitrogens with one attached hydrogen (secondary N) is 1. The van der Waals surface area contributed by atoms with Crippen LogP contribution in [0.3, 0.4) is 0 Å². The van der Waals surface area contributed by atoms with Gasteiger partial charge in [-0.15, -0.1) is 10.2 Å². The number of hydrogen-bond acceptors (Lipinski definition) is 4. The van der Waals surface area contributed by atoms with Crippen LogP contribution in [0.5, 0.6) is 5.75 Å². The highest BCUT2D eigenvalue weighted by Gasteiger charge is 2.12. The first-order chi connectivity index (χ1) is 9.65. The molecular weight excluding hydrogens is 258 g/mol. The van der Waals surface area contributed by atoms with Gasteiger partial charge in [0.15, 0.2) is 5.65 Å². The van der Waals surface area contributed by atoms with Crippen molar-refractivity contribution >= 4 is 17.0 Å². The zero-order valence-corrected chi connectivity index (χ0v) is 10.4. The molecule has 0 atom stereocenters. The zero-order chi connectivity index (χ0) is 14.1. The van der Waals surface area contributed by atoms with Gasteiger partial charge in [-0.05, 0) is 23.8 Å². The summed E-state index contributed by atoms with van der Waals surface area (Å²) < 4.78 is 0. The first-order valence-corrected chi connectivity index (χ1v) is 5.99. The summed E-state index contributed by atoms with van der Waals surface area (Å²) in [5.41, 5.74) is 2.23. The van der Waals surface area contributed by atoms with Gasteiger partial charge in [0.05, 0.1) is 12.1 Å². The molecule has 0 aliphatic carbocycles. The lowest BCUT2D eigenvalue weighted by molar-refractivity contribution is -0.136. The lowest BCUT2D eigenvalue weighted by Crippen LogP contribution is -1.99. The largest absolute Gasteiger partial charge is 0.507 e. The predicted molar refractivity (Wildman–Crippen MR) is 72.3 cm³/mol. The monoisotopic (exact) mass is 269 g/mol. The van der Waals surface area contributed by atoms with Crippen LogP contribution in [0.2, 0.25) is 0 Å². The van der Waals surface area contributed by atoms with Gasteiger partial charge in [0.2, 0.25) is 0 Å². The summed E-state index contributed by atoms with van der Waals surface area (Å²) >= 11 is 0. The number of rotatable bonds is 3. The Balaban J connectivity index is 2.14. The first-order valence-electron chi connectivity index (χ1n) is 5.99. The fraction of sp³-hybridized carbons (Fsp3) is 0.0714. The average molecular weight is 269 g/mol. The maximum absolute atomic E-state index is 10.8. The molecule has 0 spiro atoms. The van der Waals surface area contributed by atoms with Crippen LogP contribution in [0.1, 0.15) is 5.56 Å². The van der Waals surface area contributed by atoms with Crippen LogP contribution in [0, 0.1) is 0 Å². The van der Waals surface area contributed by atoms with E-state index in [-0.39, 0.29) is 12.2 Å². The van der Waals surface area contributed by atoms with E-state index in [1.165, 1.54) is 0 Å². The van der Waals surface area contributed by atoms with E-state index in [0.29, 0.717) is 27.9 Å². The molecule has 0 bridgehead atoms. The predicted octanol–water partition coefficient (Wildman–Crippen LogP) is 1.96. The van der Waals surface area contributed by atoms with Crippen molar-refractivity contribution in [1.29, 1.82) is 0 Å². The Morgan fingerprint density at radius 3 is 2.80 bits per heavy atom. The van der Waals surface area contributed by atoms with Gasteiger partial charge in [-0.3, -0.25) is 4.79 Å². The van der Waals surface area contributed by atoms with Crippen LogP contribution >= 0.6 is 0 Å². The maximum atomic E-state index is 10.8. The molecule has 0 amide bonds. The number of carboxylic acids is 1. The molecule has 100 valence electrons. The van der Waals surface area contributed by atoms with E-state index in [0.717, 1.165) is 0 Å². The van der Waals surface area contributed by atoms with Crippen LogP contribution in [0.15, 0.2) is 36.5 Å². The summed E-state index contributed by atoms with van der Waals surface area (Å²) in [5.74, 6) is -0.803. The number of aromatic amines is 1.